The van der Waals surface area contributed by atoms with Crippen molar-refractivity contribution in [3.63, 3.8) is 0 Å². The Morgan fingerprint density at radius 1 is 1.14 bits per heavy atom. The molecule has 156 valence electrons. The summed E-state index contributed by atoms with van der Waals surface area (Å²) in [5, 5.41) is 0. The minimum atomic E-state index is -0.592. The Morgan fingerprint density at radius 2 is 1.83 bits per heavy atom. The first-order valence-electron chi connectivity index (χ1n) is 9.70. The van der Waals surface area contributed by atoms with Gasteiger partial charge in [0.1, 0.15) is 11.4 Å². The van der Waals surface area contributed by atoms with Crippen LogP contribution in [-0.2, 0) is 9.47 Å². The van der Waals surface area contributed by atoms with Gasteiger partial charge in [-0.3, -0.25) is 4.90 Å². The number of anilines is 3. The van der Waals surface area contributed by atoms with Gasteiger partial charge >= 0.3 is 6.09 Å². The molecule has 0 bridgehead atoms. The lowest BCUT2D eigenvalue weighted by atomic mass is 10.2. The van der Waals surface area contributed by atoms with E-state index in [1.807, 2.05) is 45.0 Å². The predicted molar refractivity (Wildman–Crippen MR) is 115 cm³/mol. The fraction of sp³-hybridized carbons (Fsp3) is 0.409. The van der Waals surface area contributed by atoms with Gasteiger partial charge in [0, 0.05) is 26.2 Å². The van der Waals surface area contributed by atoms with Gasteiger partial charge in [-0.1, -0.05) is 12.1 Å². The van der Waals surface area contributed by atoms with E-state index >= 15 is 0 Å². The van der Waals surface area contributed by atoms with E-state index in [9.17, 15) is 4.79 Å². The largest absolute Gasteiger partial charge is 0.455 e. The minimum absolute atomic E-state index is 0.465. The van der Waals surface area contributed by atoms with Gasteiger partial charge in [0.25, 0.3) is 0 Å². The number of carbonyl (C=O) groups is 1. The Balaban J connectivity index is 1.83. The smallest absolute Gasteiger partial charge is 0.414 e. The lowest BCUT2D eigenvalue weighted by Crippen LogP contribution is -2.36. The molecule has 1 aliphatic rings. The molecular formula is C22H29N3O4. The van der Waals surface area contributed by atoms with Gasteiger partial charge < -0.3 is 24.8 Å². The van der Waals surface area contributed by atoms with Crippen LogP contribution in [0.15, 0.2) is 42.5 Å². The first-order valence-corrected chi connectivity index (χ1v) is 9.70. The maximum atomic E-state index is 12.4. The second-order valence-corrected chi connectivity index (χ2v) is 7.93. The zero-order chi connectivity index (χ0) is 21.0. The average Bonchev–Trinajstić information content (AvgIpc) is 2.69. The average molecular weight is 399 g/mol. The quantitative estimate of drug-likeness (QED) is 0.774. The molecule has 2 aromatic rings. The van der Waals surface area contributed by atoms with Crippen LogP contribution in [0.2, 0.25) is 0 Å². The van der Waals surface area contributed by atoms with Crippen LogP contribution < -0.4 is 20.3 Å². The number of hydrogen-bond donors (Lipinski definition) is 1. The Bertz CT molecular complexity index is 857. The number of benzene rings is 2. The van der Waals surface area contributed by atoms with E-state index in [1.54, 1.807) is 25.2 Å². The second-order valence-electron chi connectivity index (χ2n) is 7.93. The first kappa shape index (κ1) is 20.8. The number of nitrogens with zero attached hydrogens (tertiary/aromatic N) is 2. The third kappa shape index (κ3) is 5.32. The zero-order valence-electron chi connectivity index (χ0n) is 17.5. The van der Waals surface area contributed by atoms with E-state index in [4.69, 9.17) is 19.9 Å². The molecule has 1 fully saturated rings. The number of ether oxygens (including phenoxy) is 3. The molecule has 7 nitrogen and oxygen atoms in total. The molecule has 0 aromatic heterocycles. The number of nitrogen functional groups attached to an aromatic ring is 1. The van der Waals surface area contributed by atoms with Crippen LogP contribution in [0.25, 0.3) is 0 Å². The lowest BCUT2D eigenvalue weighted by molar-refractivity contribution is 0.0589. The summed E-state index contributed by atoms with van der Waals surface area (Å²) in [5.41, 5.74) is 7.52. The Kier molecular flexibility index (Phi) is 6.17. The third-order valence-electron chi connectivity index (χ3n) is 4.48. The number of carbonyl (C=O) groups excluding carboxylic acids is 1. The molecule has 2 N–H and O–H groups in total. The molecule has 0 radical (unpaired) electrons. The molecule has 2 aromatic carbocycles. The van der Waals surface area contributed by atoms with Crippen LogP contribution in [0.3, 0.4) is 0 Å². The predicted octanol–water partition coefficient (Wildman–Crippen LogP) is 4.27. The third-order valence-corrected chi connectivity index (χ3v) is 4.48. The summed E-state index contributed by atoms with van der Waals surface area (Å²) in [6, 6.07) is 13.1. The standard InChI is InChI=1S/C22H29N3O4/c1-22(2,3)29-21(26)24(4)19-15-16(9-10-17(19)23)28-20-8-6-5-7-18(20)25-11-13-27-14-12-25/h5-10,15H,11-14,23H2,1-4H3. The van der Waals surface area contributed by atoms with Gasteiger partial charge in [-0.2, -0.15) is 0 Å². The summed E-state index contributed by atoms with van der Waals surface area (Å²) < 4.78 is 17.1. The summed E-state index contributed by atoms with van der Waals surface area (Å²) in [6.07, 6.45) is -0.477. The topological polar surface area (TPSA) is 77.3 Å². The van der Waals surface area contributed by atoms with Crippen molar-refractivity contribution in [1.29, 1.82) is 0 Å². The highest BCUT2D eigenvalue weighted by Gasteiger charge is 2.22. The van der Waals surface area contributed by atoms with Crippen LogP contribution in [0, 0.1) is 0 Å². The normalized spacial score (nSPS) is 14.4. The number of amides is 1. The number of hydrogen-bond acceptors (Lipinski definition) is 6. The molecule has 0 atom stereocenters. The van der Waals surface area contributed by atoms with E-state index in [0.717, 1.165) is 24.5 Å². The molecule has 0 unspecified atom stereocenters. The van der Waals surface area contributed by atoms with Crippen molar-refractivity contribution < 1.29 is 19.0 Å². The molecule has 1 saturated heterocycles. The van der Waals surface area contributed by atoms with Gasteiger partial charge in [-0.25, -0.2) is 4.79 Å². The van der Waals surface area contributed by atoms with E-state index in [1.165, 1.54) is 4.90 Å². The summed E-state index contributed by atoms with van der Waals surface area (Å²) >= 11 is 0. The van der Waals surface area contributed by atoms with Crippen molar-refractivity contribution in [3.05, 3.63) is 42.5 Å². The Labute approximate surface area is 171 Å². The molecule has 0 saturated carbocycles. The zero-order valence-corrected chi connectivity index (χ0v) is 17.5. The Morgan fingerprint density at radius 3 is 2.52 bits per heavy atom. The Hall–Kier alpha value is -2.93. The maximum absolute atomic E-state index is 12.4. The first-order chi connectivity index (χ1) is 13.7. The number of morpholine rings is 1. The van der Waals surface area contributed by atoms with Crippen molar-refractivity contribution in [1.82, 2.24) is 0 Å². The van der Waals surface area contributed by atoms with Gasteiger partial charge in [0.15, 0.2) is 5.75 Å². The van der Waals surface area contributed by atoms with Crippen LogP contribution in [0.1, 0.15) is 20.8 Å². The van der Waals surface area contributed by atoms with Crippen LogP contribution in [-0.4, -0.2) is 45.0 Å². The van der Waals surface area contributed by atoms with E-state index < -0.39 is 11.7 Å². The van der Waals surface area contributed by atoms with Crippen LogP contribution in [0.4, 0.5) is 21.9 Å². The minimum Gasteiger partial charge on any atom is -0.455 e. The summed E-state index contributed by atoms with van der Waals surface area (Å²) in [6.45, 7) is 8.49. The van der Waals surface area contributed by atoms with Gasteiger partial charge in [-0.05, 0) is 45.0 Å². The fourth-order valence-electron chi connectivity index (χ4n) is 3.04. The lowest BCUT2D eigenvalue weighted by Gasteiger charge is -2.30. The highest BCUT2D eigenvalue weighted by atomic mass is 16.6. The molecule has 3 rings (SSSR count). The van der Waals surface area contributed by atoms with Crippen LogP contribution in [0.5, 0.6) is 11.5 Å². The monoisotopic (exact) mass is 399 g/mol. The van der Waals surface area contributed by atoms with Crippen molar-refractivity contribution in [3.8, 4) is 11.5 Å². The molecule has 29 heavy (non-hydrogen) atoms. The van der Waals surface area contributed by atoms with E-state index in [0.29, 0.717) is 30.3 Å². The maximum Gasteiger partial charge on any atom is 0.414 e. The molecule has 7 heteroatoms. The van der Waals surface area contributed by atoms with E-state index in [-0.39, 0.29) is 0 Å². The highest BCUT2D eigenvalue weighted by Crippen LogP contribution is 2.35. The molecule has 1 heterocycles. The van der Waals surface area contributed by atoms with Crippen LogP contribution >= 0.6 is 0 Å². The molecule has 1 aliphatic heterocycles. The van der Waals surface area contributed by atoms with Crippen molar-refractivity contribution in [2.45, 2.75) is 26.4 Å². The molecule has 0 spiro atoms. The van der Waals surface area contributed by atoms with Gasteiger partial charge in [-0.15, -0.1) is 0 Å². The summed E-state index contributed by atoms with van der Waals surface area (Å²) in [5.74, 6) is 1.33. The fourth-order valence-corrected chi connectivity index (χ4v) is 3.04. The molecular weight excluding hydrogens is 370 g/mol. The van der Waals surface area contributed by atoms with E-state index in [2.05, 4.69) is 4.90 Å². The van der Waals surface area contributed by atoms with Crippen molar-refractivity contribution in [2.75, 3.05) is 48.9 Å². The highest BCUT2D eigenvalue weighted by molar-refractivity contribution is 5.91. The van der Waals surface area contributed by atoms with Gasteiger partial charge in [0.2, 0.25) is 0 Å². The molecule has 1 amide bonds. The second kappa shape index (κ2) is 8.61. The number of nitrogens with two attached hydrogens (primary N) is 1. The number of rotatable bonds is 4. The summed E-state index contributed by atoms with van der Waals surface area (Å²) in [7, 11) is 1.63. The van der Waals surface area contributed by atoms with Crippen molar-refractivity contribution in [2.24, 2.45) is 0 Å². The van der Waals surface area contributed by atoms with Crippen molar-refractivity contribution >= 4 is 23.2 Å². The summed E-state index contributed by atoms with van der Waals surface area (Å²) in [4.78, 5) is 16.1. The number of para-hydroxylation sites is 2. The molecule has 0 aliphatic carbocycles. The SMILES string of the molecule is CN(C(=O)OC(C)(C)C)c1cc(Oc2ccccc2N2CCOCC2)ccc1N. The van der Waals surface area contributed by atoms with Gasteiger partial charge in [0.05, 0.1) is 30.3 Å².